The van der Waals surface area contributed by atoms with Gasteiger partial charge in [0.25, 0.3) is 0 Å². The summed E-state index contributed by atoms with van der Waals surface area (Å²) in [7, 11) is 0. The van der Waals surface area contributed by atoms with Gasteiger partial charge in [-0.05, 0) is 24.6 Å². The Balaban J connectivity index is 1.41. The Morgan fingerprint density at radius 3 is 2.33 bits per heavy atom. The summed E-state index contributed by atoms with van der Waals surface area (Å²) >= 11 is 0. The molecule has 0 aromatic heterocycles. The van der Waals surface area contributed by atoms with Crippen molar-refractivity contribution < 1.29 is 14.6 Å². The molecule has 0 saturated carbocycles. The number of nitrogens with zero attached hydrogens (tertiary/aromatic N) is 2. The summed E-state index contributed by atoms with van der Waals surface area (Å²) < 4.78 is 5.69. The van der Waals surface area contributed by atoms with Crippen LogP contribution in [-0.4, -0.2) is 66.1 Å². The largest absolute Gasteiger partial charge is 0.490 e. The van der Waals surface area contributed by atoms with Gasteiger partial charge >= 0.3 is 0 Å². The molecule has 1 N–H and O–H groups in total. The summed E-state index contributed by atoms with van der Waals surface area (Å²) in [6.45, 7) is 7.14. The number of carbonyl (C=O) groups is 1. The van der Waals surface area contributed by atoms with E-state index < -0.39 is 6.10 Å². The molecule has 0 aliphatic carbocycles. The zero-order valence-electron chi connectivity index (χ0n) is 15.9. The highest BCUT2D eigenvalue weighted by molar-refractivity contribution is 5.96. The first-order valence-electron chi connectivity index (χ1n) is 9.51. The van der Waals surface area contributed by atoms with Gasteiger partial charge in [-0.3, -0.25) is 14.6 Å². The second-order valence-electron chi connectivity index (χ2n) is 7.08. The molecule has 0 bridgehead atoms. The fourth-order valence-electron chi connectivity index (χ4n) is 3.39. The molecular weight excluding hydrogens is 340 g/mol. The Hall–Kier alpha value is -2.21. The van der Waals surface area contributed by atoms with E-state index in [1.54, 1.807) is 12.1 Å². The molecule has 2 aromatic rings. The van der Waals surface area contributed by atoms with Crippen molar-refractivity contribution in [2.45, 2.75) is 19.6 Å². The molecule has 1 saturated heterocycles. The number of aliphatic hydroxyl groups is 1. The molecule has 5 nitrogen and oxygen atoms in total. The molecule has 0 radical (unpaired) electrons. The molecule has 1 aliphatic rings. The first kappa shape index (κ1) is 19.5. The average Bonchev–Trinajstić information content (AvgIpc) is 2.69. The fraction of sp³-hybridized carbons (Fsp3) is 0.409. The van der Waals surface area contributed by atoms with Crippen molar-refractivity contribution in [1.82, 2.24) is 9.80 Å². The Kier molecular flexibility index (Phi) is 6.98. The van der Waals surface area contributed by atoms with Crippen molar-refractivity contribution in [3.63, 3.8) is 0 Å². The molecule has 1 aliphatic heterocycles. The molecule has 1 unspecified atom stereocenters. The van der Waals surface area contributed by atoms with Crippen LogP contribution in [0.4, 0.5) is 0 Å². The van der Waals surface area contributed by atoms with Crippen LogP contribution in [0.1, 0.15) is 22.8 Å². The number of β-amino-alcohol motifs (C(OH)–C–C–N with tert-alkyl or cyclic N) is 1. The van der Waals surface area contributed by atoms with Gasteiger partial charge in [0, 0.05) is 39.3 Å². The lowest BCUT2D eigenvalue weighted by atomic mass is 10.1. The van der Waals surface area contributed by atoms with E-state index in [0.29, 0.717) is 17.9 Å². The van der Waals surface area contributed by atoms with Crippen LogP contribution in [0, 0.1) is 0 Å². The van der Waals surface area contributed by atoms with Gasteiger partial charge in [-0.2, -0.15) is 0 Å². The number of rotatable bonds is 8. The van der Waals surface area contributed by atoms with Crippen LogP contribution in [0.5, 0.6) is 5.75 Å². The third-order valence-corrected chi connectivity index (χ3v) is 4.88. The maximum absolute atomic E-state index is 11.6. The highest BCUT2D eigenvalue weighted by atomic mass is 16.5. The molecule has 1 fully saturated rings. The standard InChI is InChI=1S/C22H28N2O3/c1-18(25)21-9-5-6-10-22(21)27-17-20(26)16-24-13-11-23(12-14-24)15-19-7-3-2-4-8-19/h2-10,20,26H,11-17H2,1H3. The van der Waals surface area contributed by atoms with E-state index in [9.17, 15) is 9.90 Å². The van der Waals surface area contributed by atoms with Crippen molar-refractivity contribution in [3.05, 3.63) is 65.7 Å². The molecule has 0 amide bonds. The smallest absolute Gasteiger partial charge is 0.163 e. The first-order valence-corrected chi connectivity index (χ1v) is 9.51. The minimum absolute atomic E-state index is 0.0328. The first-order chi connectivity index (χ1) is 13.1. The molecule has 2 aromatic carbocycles. The van der Waals surface area contributed by atoms with Crippen molar-refractivity contribution in [1.29, 1.82) is 0 Å². The quantitative estimate of drug-likeness (QED) is 0.726. The number of ketones is 1. The second-order valence-corrected chi connectivity index (χ2v) is 7.08. The highest BCUT2D eigenvalue weighted by Crippen LogP contribution is 2.18. The minimum Gasteiger partial charge on any atom is -0.490 e. The normalized spacial score (nSPS) is 16.8. The van der Waals surface area contributed by atoms with Crippen LogP contribution in [-0.2, 0) is 6.54 Å². The predicted octanol–water partition coefficient (Wildman–Crippen LogP) is 2.45. The van der Waals surface area contributed by atoms with Gasteiger partial charge in [0.15, 0.2) is 5.78 Å². The second kappa shape index (κ2) is 9.65. The van der Waals surface area contributed by atoms with Crippen LogP contribution in [0.25, 0.3) is 0 Å². The van der Waals surface area contributed by atoms with E-state index in [4.69, 9.17) is 4.74 Å². The van der Waals surface area contributed by atoms with Gasteiger partial charge in [0.2, 0.25) is 0 Å². The molecular formula is C22H28N2O3. The van der Waals surface area contributed by atoms with E-state index in [2.05, 4.69) is 34.1 Å². The zero-order valence-corrected chi connectivity index (χ0v) is 15.9. The van der Waals surface area contributed by atoms with Crippen molar-refractivity contribution in [2.75, 3.05) is 39.3 Å². The molecule has 1 heterocycles. The summed E-state index contributed by atoms with van der Waals surface area (Å²) in [5.41, 5.74) is 1.89. The third kappa shape index (κ3) is 5.89. The van der Waals surface area contributed by atoms with Crippen molar-refractivity contribution >= 4 is 5.78 Å². The molecule has 27 heavy (non-hydrogen) atoms. The van der Waals surface area contributed by atoms with Gasteiger partial charge in [-0.1, -0.05) is 42.5 Å². The topological polar surface area (TPSA) is 53.0 Å². The molecule has 5 heteroatoms. The minimum atomic E-state index is -0.578. The summed E-state index contributed by atoms with van der Waals surface area (Å²) in [5.74, 6) is 0.506. The molecule has 0 spiro atoms. The maximum Gasteiger partial charge on any atom is 0.163 e. The van der Waals surface area contributed by atoms with Crippen LogP contribution >= 0.6 is 0 Å². The SMILES string of the molecule is CC(=O)c1ccccc1OCC(O)CN1CCN(Cc2ccccc2)CC1. The van der Waals surface area contributed by atoms with E-state index in [-0.39, 0.29) is 12.4 Å². The van der Waals surface area contributed by atoms with Crippen LogP contribution < -0.4 is 4.74 Å². The Labute approximate surface area is 161 Å². The summed E-state index contributed by atoms with van der Waals surface area (Å²) in [6, 6.07) is 17.7. The number of benzene rings is 2. The maximum atomic E-state index is 11.6. The van der Waals surface area contributed by atoms with Gasteiger partial charge in [0.05, 0.1) is 5.56 Å². The number of Topliss-reactive ketones (excluding diaryl/α,β-unsaturated/α-hetero) is 1. The van der Waals surface area contributed by atoms with Crippen molar-refractivity contribution in [3.8, 4) is 5.75 Å². The lowest BCUT2D eigenvalue weighted by Gasteiger charge is -2.35. The van der Waals surface area contributed by atoms with E-state index in [1.165, 1.54) is 12.5 Å². The number of hydrogen-bond donors (Lipinski definition) is 1. The number of para-hydroxylation sites is 1. The third-order valence-electron chi connectivity index (χ3n) is 4.88. The van der Waals surface area contributed by atoms with Crippen LogP contribution in [0.3, 0.4) is 0 Å². The molecule has 144 valence electrons. The highest BCUT2D eigenvalue weighted by Gasteiger charge is 2.20. The lowest BCUT2D eigenvalue weighted by molar-refractivity contribution is 0.0443. The summed E-state index contributed by atoms with van der Waals surface area (Å²) in [4.78, 5) is 16.3. The van der Waals surface area contributed by atoms with Crippen molar-refractivity contribution in [2.24, 2.45) is 0 Å². The number of piperazine rings is 1. The Morgan fingerprint density at radius 1 is 1.00 bits per heavy atom. The Morgan fingerprint density at radius 2 is 1.63 bits per heavy atom. The van der Waals surface area contributed by atoms with Crippen LogP contribution in [0.15, 0.2) is 54.6 Å². The van der Waals surface area contributed by atoms with Gasteiger partial charge in [0.1, 0.15) is 18.5 Å². The average molecular weight is 368 g/mol. The zero-order chi connectivity index (χ0) is 19.1. The molecule has 1 atom stereocenters. The van der Waals surface area contributed by atoms with Gasteiger partial charge in [-0.15, -0.1) is 0 Å². The number of ether oxygens (including phenoxy) is 1. The van der Waals surface area contributed by atoms with E-state index >= 15 is 0 Å². The summed E-state index contributed by atoms with van der Waals surface area (Å²) in [5, 5.41) is 10.3. The Bertz CT molecular complexity index is 727. The summed E-state index contributed by atoms with van der Waals surface area (Å²) in [6.07, 6.45) is -0.578. The molecule has 3 rings (SSSR count). The number of hydrogen-bond acceptors (Lipinski definition) is 5. The van der Waals surface area contributed by atoms with Gasteiger partial charge < -0.3 is 9.84 Å². The van der Waals surface area contributed by atoms with E-state index in [1.807, 2.05) is 18.2 Å². The lowest BCUT2D eigenvalue weighted by Crippen LogP contribution is -2.48. The van der Waals surface area contributed by atoms with Gasteiger partial charge in [-0.25, -0.2) is 0 Å². The van der Waals surface area contributed by atoms with Crippen LogP contribution in [0.2, 0.25) is 0 Å². The monoisotopic (exact) mass is 368 g/mol. The predicted molar refractivity (Wildman–Crippen MR) is 106 cm³/mol. The number of carbonyl (C=O) groups excluding carboxylic acids is 1. The fourth-order valence-corrected chi connectivity index (χ4v) is 3.39. The number of aliphatic hydroxyl groups excluding tert-OH is 1. The van der Waals surface area contributed by atoms with E-state index in [0.717, 1.165) is 32.7 Å².